The number of rotatable bonds is 2. The minimum atomic E-state index is 0.446. The molecule has 1 aromatic rings. The highest BCUT2D eigenvalue weighted by atomic mass is 14.7. The maximum Gasteiger partial charge on any atom is 0.0375 e. The molecule has 2 aliphatic carbocycles. The van der Waals surface area contributed by atoms with Gasteiger partial charge in [0.2, 0.25) is 0 Å². The van der Waals surface area contributed by atoms with E-state index in [1.54, 1.807) is 0 Å². The molecule has 1 aromatic heterocycles. The van der Waals surface area contributed by atoms with Gasteiger partial charge in [0.15, 0.2) is 0 Å². The molecule has 0 amide bonds. The van der Waals surface area contributed by atoms with Crippen molar-refractivity contribution < 1.29 is 0 Å². The van der Waals surface area contributed by atoms with Crippen molar-refractivity contribution in [1.29, 1.82) is 0 Å². The number of aromatic nitrogens is 1. The molecular weight excluding hydrogens is 194 g/mol. The highest BCUT2D eigenvalue weighted by molar-refractivity contribution is 5.32. The number of fused-ring (bicyclic) bond motifs is 2. The number of nitrogens with zero attached hydrogens (tertiary/aromatic N) is 1. The van der Waals surface area contributed by atoms with Crippen molar-refractivity contribution in [1.82, 2.24) is 4.98 Å². The van der Waals surface area contributed by atoms with Gasteiger partial charge in [0.1, 0.15) is 0 Å². The molecule has 84 valence electrons. The predicted octanol–water partition coefficient (Wildman–Crippen LogP) is 3.78. The molecule has 2 saturated carbocycles. The lowest BCUT2D eigenvalue weighted by Crippen LogP contribution is -2.19. The van der Waals surface area contributed by atoms with E-state index in [-0.39, 0.29) is 0 Å². The second-order valence-corrected chi connectivity index (χ2v) is 5.71. The van der Waals surface area contributed by atoms with Gasteiger partial charge >= 0.3 is 0 Å². The van der Waals surface area contributed by atoms with Crippen molar-refractivity contribution >= 4 is 0 Å². The van der Waals surface area contributed by atoms with E-state index in [2.05, 4.69) is 36.7 Å². The Morgan fingerprint density at radius 2 is 2.06 bits per heavy atom. The summed E-state index contributed by atoms with van der Waals surface area (Å²) >= 11 is 0. The third-order valence-corrected chi connectivity index (χ3v) is 4.84. The van der Waals surface area contributed by atoms with Gasteiger partial charge in [0.05, 0.1) is 0 Å². The van der Waals surface area contributed by atoms with Gasteiger partial charge in [-0.3, -0.25) is 4.98 Å². The van der Waals surface area contributed by atoms with Crippen molar-refractivity contribution in [3.63, 3.8) is 0 Å². The third-order valence-electron chi connectivity index (χ3n) is 4.84. The lowest BCUT2D eigenvalue weighted by molar-refractivity contribution is 0.371. The number of allylic oxidation sites excluding steroid dienone is 1. The molecule has 1 heterocycles. The standard InChI is InChI=1S/C15H19N/c1-3-14-5-7-15(11-14,8-6-14)13-4-9-16-12(2)10-13/h3-4,9-10H,1,5-8,11H2,2H3. The molecule has 0 N–H and O–H groups in total. The highest BCUT2D eigenvalue weighted by Gasteiger charge is 2.53. The van der Waals surface area contributed by atoms with Crippen LogP contribution in [-0.2, 0) is 5.41 Å². The summed E-state index contributed by atoms with van der Waals surface area (Å²) in [5.74, 6) is 0. The van der Waals surface area contributed by atoms with Crippen LogP contribution in [0.2, 0.25) is 0 Å². The summed E-state index contributed by atoms with van der Waals surface area (Å²) in [5, 5.41) is 0. The van der Waals surface area contributed by atoms with Gasteiger partial charge in [-0.2, -0.15) is 0 Å². The molecule has 0 spiro atoms. The molecule has 3 rings (SSSR count). The van der Waals surface area contributed by atoms with E-state index in [4.69, 9.17) is 0 Å². The zero-order valence-corrected chi connectivity index (χ0v) is 10.00. The quantitative estimate of drug-likeness (QED) is 0.681. The van der Waals surface area contributed by atoms with E-state index in [1.807, 2.05) is 6.20 Å². The highest BCUT2D eigenvalue weighted by Crippen LogP contribution is 2.62. The van der Waals surface area contributed by atoms with Gasteiger partial charge in [-0.15, -0.1) is 6.58 Å². The number of hydrogen-bond acceptors (Lipinski definition) is 1. The van der Waals surface area contributed by atoms with E-state index in [1.165, 1.54) is 37.7 Å². The van der Waals surface area contributed by atoms with Crippen LogP contribution in [0.15, 0.2) is 31.0 Å². The zero-order chi connectivity index (χ0) is 11.2. The van der Waals surface area contributed by atoms with E-state index in [0.717, 1.165) is 5.69 Å². The Kier molecular flexibility index (Phi) is 2.01. The maximum absolute atomic E-state index is 4.31. The lowest BCUT2D eigenvalue weighted by atomic mass is 9.77. The Hall–Kier alpha value is -1.11. The first-order valence-corrected chi connectivity index (χ1v) is 6.25. The molecule has 1 nitrogen and oxygen atoms in total. The second-order valence-electron chi connectivity index (χ2n) is 5.71. The molecule has 0 radical (unpaired) electrons. The smallest absolute Gasteiger partial charge is 0.0375 e. The second kappa shape index (κ2) is 3.19. The minimum Gasteiger partial charge on any atom is -0.262 e. The molecular formula is C15H19N. The topological polar surface area (TPSA) is 12.9 Å². The Balaban J connectivity index is 2.00. The fourth-order valence-electron chi connectivity index (χ4n) is 3.80. The first-order chi connectivity index (χ1) is 7.68. The largest absolute Gasteiger partial charge is 0.262 e. The third kappa shape index (κ3) is 1.27. The molecule has 0 saturated heterocycles. The first kappa shape index (κ1) is 10.1. The first-order valence-electron chi connectivity index (χ1n) is 6.25. The molecule has 2 aliphatic rings. The van der Waals surface area contributed by atoms with Gasteiger partial charge in [-0.25, -0.2) is 0 Å². The molecule has 0 aromatic carbocycles. The summed E-state index contributed by atoms with van der Waals surface area (Å²) in [6.07, 6.45) is 10.8. The van der Waals surface area contributed by atoms with Gasteiger partial charge < -0.3 is 0 Å². The van der Waals surface area contributed by atoms with Crippen molar-refractivity contribution in [2.75, 3.05) is 0 Å². The van der Waals surface area contributed by atoms with Crippen molar-refractivity contribution in [3.05, 3.63) is 42.2 Å². The van der Waals surface area contributed by atoms with Crippen LogP contribution in [0.5, 0.6) is 0 Å². The number of pyridine rings is 1. The van der Waals surface area contributed by atoms with Crippen molar-refractivity contribution in [2.24, 2.45) is 5.41 Å². The van der Waals surface area contributed by atoms with Gasteiger partial charge in [0.25, 0.3) is 0 Å². The fourth-order valence-corrected chi connectivity index (χ4v) is 3.80. The Morgan fingerprint density at radius 3 is 2.62 bits per heavy atom. The minimum absolute atomic E-state index is 0.446. The Bertz CT molecular complexity index is 425. The average Bonchev–Trinajstić information content (AvgIpc) is 2.87. The van der Waals surface area contributed by atoms with E-state index < -0.39 is 0 Å². The van der Waals surface area contributed by atoms with Crippen LogP contribution in [-0.4, -0.2) is 4.98 Å². The summed E-state index contributed by atoms with van der Waals surface area (Å²) in [5.41, 5.74) is 3.56. The molecule has 1 heteroatoms. The van der Waals surface area contributed by atoms with Crippen LogP contribution in [0.1, 0.15) is 43.4 Å². The van der Waals surface area contributed by atoms with Crippen LogP contribution in [0.3, 0.4) is 0 Å². The Labute approximate surface area is 97.6 Å². The molecule has 0 aliphatic heterocycles. The summed E-state index contributed by atoms with van der Waals surface area (Å²) < 4.78 is 0. The maximum atomic E-state index is 4.31. The van der Waals surface area contributed by atoms with Crippen molar-refractivity contribution in [2.45, 2.75) is 44.4 Å². The molecule has 2 fully saturated rings. The van der Waals surface area contributed by atoms with Gasteiger partial charge in [-0.05, 0) is 67.6 Å². The van der Waals surface area contributed by atoms with Crippen LogP contribution in [0, 0.1) is 12.3 Å². The summed E-state index contributed by atoms with van der Waals surface area (Å²) in [6.45, 7) is 6.13. The van der Waals surface area contributed by atoms with E-state index in [9.17, 15) is 0 Å². The zero-order valence-electron chi connectivity index (χ0n) is 10.00. The Morgan fingerprint density at radius 1 is 1.31 bits per heavy atom. The van der Waals surface area contributed by atoms with Crippen LogP contribution < -0.4 is 0 Å². The van der Waals surface area contributed by atoms with Gasteiger partial charge in [-0.1, -0.05) is 6.08 Å². The fraction of sp³-hybridized carbons (Fsp3) is 0.533. The molecule has 2 bridgehead atoms. The molecule has 16 heavy (non-hydrogen) atoms. The number of hydrogen-bond donors (Lipinski definition) is 0. The van der Waals surface area contributed by atoms with Crippen LogP contribution in [0.25, 0.3) is 0 Å². The predicted molar refractivity (Wildman–Crippen MR) is 66.4 cm³/mol. The van der Waals surface area contributed by atoms with Crippen LogP contribution in [0.4, 0.5) is 0 Å². The summed E-state index contributed by atoms with van der Waals surface area (Å²) in [6, 6.07) is 4.50. The normalized spacial score (nSPS) is 36.6. The van der Waals surface area contributed by atoms with Gasteiger partial charge in [0, 0.05) is 11.9 Å². The summed E-state index contributed by atoms with van der Waals surface area (Å²) in [4.78, 5) is 4.31. The molecule has 0 atom stereocenters. The monoisotopic (exact) mass is 213 g/mol. The summed E-state index contributed by atoms with van der Waals surface area (Å²) in [7, 11) is 0. The van der Waals surface area contributed by atoms with E-state index >= 15 is 0 Å². The average molecular weight is 213 g/mol. The SMILES string of the molecule is C=CC12CCC(c3ccnc(C)c3)(CC1)C2. The lowest BCUT2D eigenvalue weighted by Gasteiger charge is -2.27. The van der Waals surface area contributed by atoms with E-state index in [0.29, 0.717) is 10.8 Å². The molecule has 0 unspecified atom stereocenters. The van der Waals surface area contributed by atoms with Crippen molar-refractivity contribution in [3.8, 4) is 0 Å². The number of aryl methyl sites for hydroxylation is 1. The van der Waals surface area contributed by atoms with Crippen LogP contribution >= 0.6 is 0 Å².